The number of rotatable bonds is 3. The summed E-state index contributed by atoms with van der Waals surface area (Å²) < 4.78 is 0. The summed E-state index contributed by atoms with van der Waals surface area (Å²) in [4.78, 5) is 0. The average Bonchev–Trinajstić information content (AvgIpc) is 3.14. The van der Waals surface area contributed by atoms with Crippen molar-refractivity contribution in [1.29, 1.82) is 0 Å². The molecule has 0 aromatic heterocycles. The molecule has 1 heterocycles. The fourth-order valence-corrected chi connectivity index (χ4v) is 14.6. The maximum Gasteiger partial charge on any atom is 0.0337 e. The minimum Gasteiger partial charge on any atom is -0.0838 e. The molecule has 0 amide bonds. The van der Waals surface area contributed by atoms with Crippen LogP contribution in [0.1, 0.15) is 37.3 Å². The molecular formula is C38H34P2. The molecule has 0 radical (unpaired) electrons. The molecule has 6 aromatic rings. The first-order valence-corrected chi connectivity index (χ1v) is 17.2. The van der Waals surface area contributed by atoms with Crippen LogP contribution in [0.5, 0.6) is 0 Å². The van der Waals surface area contributed by atoms with E-state index in [1.807, 2.05) is 0 Å². The molecule has 1 aliphatic heterocycles. The van der Waals surface area contributed by atoms with Crippen molar-refractivity contribution in [2.75, 3.05) is 0 Å². The van der Waals surface area contributed by atoms with Crippen molar-refractivity contribution in [2.45, 2.75) is 37.5 Å². The van der Waals surface area contributed by atoms with Crippen LogP contribution in [0.3, 0.4) is 0 Å². The fraction of sp³-hybridized carbons (Fsp3) is 0.158. The number of hydrogen-bond donors (Lipinski definition) is 0. The van der Waals surface area contributed by atoms with Gasteiger partial charge in [0.15, 0.2) is 0 Å². The highest BCUT2D eigenvalue weighted by Crippen LogP contribution is 2.75. The average molecular weight is 553 g/mol. The summed E-state index contributed by atoms with van der Waals surface area (Å²) in [5, 5.41) is 8.97. The topological polar surface area (TPSA) is 0 Å². The number of fused-ring (bicyclic) bond motifs is 7. The third-order valence-electron chi connectivity index (χ3n) is 8.32. The normalized spacial score (nSPS) is 17.0. The maximum atomic E-state index is 2.50. The number of benzene rings is 6. The van der Waals surface area contributed by atoms with Gasteiger partial charge in [-0.05, 0) is 73.6 Å². The highest BCUT2D eigenvalue weighted by atomic mass is 31.2. The van der Waals surface area contributed by atoms with Gasteiger partial charge in [0.05, 0.1) is 0 Å². The van der Waals surface area contributed by atoms with E-state index in [0.717, 1.165) is 6.16 Å². The van der Waals surface area contributed by atoms with Crippen molar-refractivity contribution in [3.05, 3.63) is 145 Å². The zero-order valence-corrected chi connectivity index (χ0v) is 25.2. The molecule has 0 fully saturated rings. The van der Waals surface area contributed by atoms with Crippen molar-refractivity contribution >= 4 is 48.0 Å². The van der Waals surface area contributed by atoms with Gasteiger partial charge in [-0.15, -0.1) is 0 Å². The Morgan fingerprint density at radius 2 is 1.05 bits per heavy atom. The van der Waals surface area contributed by atoms with Gasteiger partial charge in [-0.3, -0.25) is 0 Å². The molecule has 0 nitrogen and oxygen atoms in total. The van der Waals surface area contributed by atoms with Crippen LogP contribution in [-0.2, 0) is 6.16 Å². The zero-order chi connectivity index (χ0) is 27.3. The van der Waals surface area contributed by atoms with Crippen LogP contribution < -0.4 is 10.6 Å². The first-order valence-electron chi connectivity index (χ1n) is 14.2. The lowest BCUT2D eigenvalue weighted by Gasteiger charge is -2.42. The van der Waals surface area contributed by atoms with Gasteiger partial charge in [-0.25, -0.2) is 0 Å². The van der Waals surface area contributed by atoms with Gasteiger partial charge in [0, 0.05) is 5.40 Å². The Hall–Kier alpha value is -3.30. The zero-order valence-electron chi connectivity index (χ0n) is 23.4. The molecule has 196 valence electrons. The standard InChI is InChI=1S/C38H34P2/c1-38(2,3)39-26-29-23-22-27-14-10-12-20-32(27)35(29)36-33-21-13-11-15-28(33)24-25-34(36)37(39)40(30-16-6-4-7-17-30)31-18-8-5-9-19-31/h4-25,37H,26H2,1-3H3/t37-,39?/m1/s1. The molecule has 2 heteroatoms. The summed E-state index contributed by atoms with van der Waals surface area (Å²) in [7, 11) is -1.09. The predicted molar refractivity (Wildman–Crippen MR) is 179 cm³/mol. The van der Waals surface area contributed by atoms with Gasteiger partial charge in [0.2, 0.25) is 0 Å². The van der Waals surface area contributed by atoms with E-state index < -0.39 is 15.8 Å². The Bertz CT molecular complexity index is 1780. The second-order valence-corrected chi connectivity index (χ2v) is 17.6. The van der Waals surface area contributed by atoms with Gasteiger partial charge >= 0.3 is 0 Å². The second kappa shape index (κ2) is 10.3. The van der Waals surface area contributed by atoms with Crippen molar-refractivity contribution in [1.82, 2.24) is 0 Å². The smallest absolute Gasteiger partial charge is 0.0337 e. The predicted octanol–water partition coefficient (Wildman–Crippen LogP) is 10.6. The Morgan fingerprint density at radius 1 is 0.550 bits per heavy atom. The van der Waals surface area contributed by atoms with E-state index in [4.69, 9.17) is 0 Å². The molecule has 7 rings (SSSR count). The van der Waals surface area contributed by atoms with Crippen LogP contribution in [-0.4, -0.2) is 5.16 Å². The molecule has 0 aliphatic carbocycles. The molecule has 0 N–H and O–H groups in total. The third kappa shape index (κ3) is 4.39. The van der Waals surface area contributed by atoms with Gasteiger partial charge in [-0.1, -0.05) is 162 Å². The highest BCUT2D eigenvalue weighted by Gasteiger charge is 2.42. The Kier molecular flexibility index (Phi) is 6.59. The van der Waals surface area contributed by atoms with Crippen LogP contribution in [0.4, 0.5) is 0 Å². The van der Waals surface area contributed by atoms with Crippen LogP contribution >= 0.6 is 15.8 Å². The molecule has 1 unspecified atom stereocenters. The monoisotopic (exact) mass is 552 g/mol. The molecule has 0 bridgehead atoms. The van der Waals surface area contributed by atoms with E-state index in [0.29, 0.717) is 5.40 Å². The quantitative estimate of drug-likeness (QED) is 0.192. The van der Waals surface area contributed by atoms with Crippen molar-refractivity contribution in [3.8, 4) is 11.1 Å². The first kappa shape index (κ1) is 25.7. The summed E-state index contributed by atoms with van der Waals surface area (Å²) in [6, 6.07) is 50.5. The second-order valence-electron chi connectivity index (χ2n) is 11.8. The lowest BCUT2D eigenvalue weighted by molar-refractivity contribution is 0.775. The van der Waals surface area contributed by atoms with Crippen molar-refractivity contribution in [3.63, 3.8) is 0 Å². The van der Waals surface area contributed by atoms with E-state index in [1.165, 1.54) is 54.4 Å². The van der Waals surface area contributed by atoms with Gasteiger partial charge < -0.3 is 0 Å². The largest absolute Gasteiger partial charge is 0.0838 e. The molecule has 2 atom stereocenters. The highest BCUT2D eigenvalue weighted by molar-refractivity contribution is 7.84. The van der Waals surface area contributed by atoms with Crippen molar-refractivity contribution in [2.24, 2.45) is 0 Å². The first-order chi connectivity index (χ1) is 19.5. The van der Waals surface area contributed by atoms with Crippen LogP contribution in [0.15, 0.2) is 133 Å². The Balaban J connectivity index is 1.63. The molecule has 40 heavy (non-hydrogen) atoms. The lowest BCUT2D eigenvalue weighted by atomic mass is 9.88. The maximum absolute atomic E-state index is 2.50. The van der Waals surface area contributed by atoms with E-state index >= 15 is 0 Å². The van der Waals surface area contributed by atoms with Crippen molar-refractivity contribution < 1.29 is 0 Å². The van der Waals surface area contributed by atoms with E-state index in [1.54, 1.807) is 0 Å². The van der Waals surface area contributed by atoms with Gasteiger partial charge in [-0.2, -0.15) is 0 Å². The van der Waals surface area contributed by atoms with E-state index in [9.17, 15) is 0 Å². The molecule has 0 saturated carbocycles. The summed E-state index contributed by atoms with van der Waals surface area (Å²) in [5.74, 6) is 0. The SMILES string of the molecule is CC(C)(C)P1Cc2ccc3ccccc3c2-c2c(ccc3ccccc23)[C@H]1P(c1ccccc1)c1ccccc1. The summed E-state index contributed by atoms with van der Waals surface area (Å²) in [6.45, 7) is 7.46. The molecule has 6 aromatic carbocycles. The van der Waals surface area contributed by atoms with Crippen LogP contribution in [0, 0.1) is 0 Å². The van der Waals surface area contributed by atoms with Gasteiger partial charge in [0.25, 0.3) is 0 Å². The molecule has 1 aliphatic rings. The van der Waals surface area contributed by atoms with Crippen LogP contribution in [0.2, 0.25) is 0 Å². The summed E-state index contributed by atoms with van der Waals surface area (Å²) >= 11 is 0. The van der Waals surface area contributed by atoms with Crippen LogP contribution in [0.25, 0.3) is 32.7 Å². The third-order valence-corrected chi connectivity index (χ3v) is 15.6. The minimum atomic E-state index is -0.649. The van der Waals surface area contributed by atoms with E-state index in [-0.39, 0.29) is 5.16 Å². The summed E-state index contributed by atoms with van der Waals surface area (Å²) in [6.07, 6.45) is 1.13. The summed E-state index contributed by atoms with van der Waals surface area (Å²) in [5.41, 5.74) is 5.97. The van der Waals surface area contributed by atoms with E-state index in [2.05, 4.69) is 154 Å². The molecule has 0 spiro atoms. The fourth-order valence-electron chi connectivity index (χ4n) is 6.46. The Labute approximate surface area is 240 Å². The number of hydrogen-bond acceptors (Lipinski definition) is 0. The lowest BCUT2D eigenvalue weighted by Crippen LogP contribution is -2.22. The molecule has 0 saturated heterocycles. The Morgan fingerprint density at radius 3 is 1.62 bits per heavy atom. The molecular weight excluding hydrogens is 518 g/mol. The minimum absolute atomic E-state index is 0.181. The van der Waals surface area contributed by atoms with Gasteiger partial charge in [0.1, 0.15) is 0 Å².